The molecule has 0 aliphatic heterocycles. The van der Waals surface area contributed by atoms with E-state index in [4.69, 9.17) is 25.9 Å². The van der Waals surface area contributed by atoms with Gasteiger partial charge >= 0.3 is 0 Å². The largest absolute Gasteiger partial charge is 0.497 e. The third-order valence-electron chi connectivity index (χ3n) is 4.78. The average Bonchev–Trinajstić information content (AvgIpc) is 3.10. The van der Waals surface area contributed by atoms with Crippen molar-refractivity contribution in [1.82, 2.24) is 4.98 Å². The number of pyridine rings is 1. The molecule has 0 amide bonds. The van der Waals surface area contributed by atoms with Crippen molar-refractivity contribution in [2.75, 3.05) is 20.0 Å². The Labute approximate surface area is 173 Å². The number of aromatic nitrogens is 1. The van der Waals surface area contributed by atoms with Crippen molar-refractivity contribution in [3.8, 4) is 33.9 Å². The van der Waals surface area contributed by atoms with E-state index < -0.39 is 0 Å². The minimum Gasteiger partial charge on any atom is -0.497 e. The summed E-state index contributed by atoms with van der Waals surface area (Å²) in [7, 11) is 3.30. The van der Waals surface area contributed by atoms with Gasteiger partial charge in [0.2, 0.25) is 0 Å². The molecule has 4 aromatic rings. The average molecular weight is 404 g/mol. The van der Waals surface area contributed by atoms with Crippen molar-refractivity contribution in [2.24, 2.45) is 5.73 Å². The topological polar surface area (TPSA) is 83.4 Å². The number of methoxy groups -OCH3 is 2. The quantitative estimate of drug-likeness (QED) is 0.481. The van der Waals surface area contributed by atoms with Gasteiger partial charge in [0.05, 0.1) is 30.5 Å². The van der Waals surface area contributed by atoms with E-state index in [1.165, 1.54) is 11.3 Å². The number of fused-ring (bicyclic) bond motifs is 1. The highest BCUT2D eigenvalue weighted by atomic mass is 32.1. The molecule has 0 radical (unpaired) electrons. The van der Waals surface area contributed by atoms with Crippen LogP contribution in [0.3, 0.4) is 0 Å². The summed E-state index contributed by atoms with van der Waals surface area (Å²) in [4.78, 5) is 6.44. The molecule has 5 nitrogen and oxygen atoms in total. The Bertz CT molecular complexity index is 1200. The minimum atomic E-state index is 0.442. The van der Waals surface area contributed by atoms with Gasteiger partial charge in [-0.1, -0.05) is 18.7 Å². The van der Waals surface area contributed by atoms with Crippen LogP contribution in [-0.4, -0.2) is 19.2 Å². The van der Waals surface area contributed by atoms with Crippen molar-refractivity contribution < 1.29 is 9.47 Å². The summed E-state index contributed by atoms with van der Waals surface area (Å²) in [6.07, 6.45) is 0. The molecule has 0 saturated carbocycles. The number of nitrogens with two attached hydrogens (primary N) is 2. The number of hydrogen-bond donors (Lipinski definition) is 2. The van der Waals surface area contributed by atoms with Gasteiger partial charge in [-0.25, -0.2) is 4.98 Å². The molecule has 0 saturated heterocycles. The van der Waals surface area contributed by atoms with Crippen LogP contribution in [0, 0.1) is 0 Å². The normalized spacial score (nSPS) is 10.8. The second kappa shape index (κ2) is 7.48. The number of nitrogens with zero attached hydrogens (tertiary/aromatic N) is 1. The van der Waals surface area contributed by atoms with E-state index in [2.05, 4.69) is 12.6 Å². The Kier molecular flexibility index (Phi) is 4.86. The van der Waals surface area contributed by atoms with Crippen molar-refractivity contribution in [3.63, 3.8) is 0 Å². The predicted molar refractivity (Wildman–Crippen MR) is 121 cm³/mol. The summed E-state index contributed by atoms with van der Waals surface area (Å²) in [5.41, 5.74) is 17.3. The molecule has 0 atom stereocenters. The number of thiophene rings is 1. The highest BCUT2D eigenvalue weighted by Gasteiger charge is 2.18. The zero-order chi connectivity index (χ0) is 20.5. The van der Waals surface area contributed by atoms with E-state index in [0.29, 0.717) is 11.4 Å². The van der Waals surface area contributed by atoms with Gasteiger partial charge in [-0.3, -0.25) is 0 Å². The lowest BCUT2D eigenvalue weighted by Gasteiger charge is -2.10. The summed E-state index contributed by atoms with van der Waals surface area (Å²) < 4.78 is 10.6. The number of anilines is 1. The van der Waals surface area contributed by atoms with Crippen LogP contribution in [0.5, 0.6) is 11.5 Å². The Morgan fingerprint density at radius 1 is 0.931 bits per heavy atom. The van der Waals surface area contributed by atoms with Crippen LogP contribution in [0.25, 0.3) is 38.3 Å². The smallest absolute Gasteiger partial charge is 0.127 e. The molecule has 0 aliphatic carbocycles. The highest BCUT2D eigenvalue weighted by molar-refractivity contribution is 7.20. The number of hydrogen-bond acceptors (Lipinski definition) is 6. The zero-order valence-corrected chi connectivity index (χ0v) is 17.0. The maximum atomic E-state index is 6.45. The lowest BCUT2D eigenvalue weighted by Crippen LogP contribution is -1.96. The van der Waals surface area contributed by atoms with Gasteiger partial charge in [0, 0.05) is 16.6 Å². The van der Waals surface area contributed by atoms with Gasteiger partial charge in [-0.05, 0) is 53.6 Å². The van der Waals surface area contributed by atoms with Gasteiger partial charge in [0.15, 0.2) is 0 Å². The van der Waals surface area contributed by atoms with Gasteiger partial charge in [0.25, 0.3) is 0 Å². The number of ether oxygens (including phenoxy) is 2. The number of nitrogen functional groups attached to an aromatic ring is 1. The van der Waals surface area contributed by atoms with E-state index >= 15 is 0 Å². The Morgan fingerprint density at radius 2 is 1.48 bits per heavy atom. The first-order valence-corrected chi connectivity index (χ1v) is 9.80. The van der Waals surface area contributed by atoms with Crippen LogP contribution in [0.4, 0.5) is 5.69 Å². The van der Waals surface area contributed by atoms with Crippen LogP contribution in [0.1, 0.15) is 4.88 Å². The Morgan fingerprint density at radius 3 is 2.00 bits per heavy atom. The fourth-order valence-electron chi connectivity index (χ4n) is 3.27. The van der Waals surface area contributed by atoms with Crippen LogP contribution in [-0.2, 0) is 0 Å². The molecule has 2 aromatic carbocycles. The summed E-state index contributed by atoms with van der Waals surface area (Å²) in [5.74, 6) is 1.59. The number of rotatable bonds is 5. The van der Waals surface area contributed by atoms with Crippen molar-refractivity contribution in [3.05, 3.63) is 66.1 Å². The maximum absolute atomic E-state index is 6.45. The molecule has 0 fully saturated rings. The van der Waals surface area contributed by atoms with Crippen LogP contribution in [0.15, 0.2) is 61.2 Å². The molecule has 0 spiro atoms. The van der Waals surface area contributed by atoms with E-state index in [9.17, 15) is 0 Å². The summed E-state index contributed by atoms with van der Waals surface area (Å²) in [6.45, 7) is 3.86. The van der Waals surface area contributed by atoms with Crippen molar-refractivity contribution >= 4 is 32.9 Å². The van der Waals surface area contributed by atoms with Crippen molar-refractivity contribution in [1.29, 1.82) is 0 Å². The Hall–Kier alpha value is -3.51. The second-order valence-corrected chi connectivity index (χ2v) is 7.56. The minimum absolute atomic E-state index is 0.442. The highest BCUT2D eigenvalue weighted by Crippen LogP contribution is 2.42. The standard InChI is InChI=1S/C23H21N3O2S/c1-13(24)22-21(25)20-18(14-4-8-16(27-2)9-5-14)12-19(26-23(20)29-22)15-6-10-17(28-3)11-7-15/h4-12H,1,24-25H2,2-3H3. The molecule has 4 rings (SSSR count). The lowest BCUT2D eigenvalue weighted by atomic mass is 9.99. The van der Waals surface area contributed by atoms with Gasteiger partial charge < -0.3 is 20.9 Å². The molecule has 2 heterocycles. The van der Waals surface area contributed by atoms with Gasteiger partial charge in [0.1, 0.15) is 16.3 Å². The molecule has 2 aromatic heterocycles. The molecule has 4 N–H and O–H groups in total. The van der Waals surface area contributed by atoms with Gasteiger partial charge in [-0.2, -0.15) is 0 Å². The molecule has 146 valence electrons. The third-order valence-corrected chi connectivity index (χ3v) is 5.95. The molecule has 0 aliphatic rings. The molecule has 6 heteroatoms. The first kappa shape index (κ1) is 18.8. The lowest BCUT2D eigenvalue weighted by molar-refractivity contribution is 0.415. The third kappa shape index (κ3) is 3.39. The van der Waals surface area contributed by atoms with Gasteiger partial charge in [-0.15, -0.1) is 11.3 Å². The van der Waals surface area contributed by atoms with Crippen LogP contribution in [0.2, 0.25) is 0 Å². The van der Waals surface area contributed by atoms with Crippen LogP contribution < -0.4 is 20.9 Å². The first-order valence-electron chi connectivity index (χ1n) is 8.98. The maximum Gasteiger partial charge on any atom is 0.127 e. The summed E-state index contributed by atoms with van der Waals surface area (Å²) in [6, 6.07) is 17.8. The predicted octanol–water partition coefficient (Wildman–Crippen LogP) is 5.16. The molecular weight excluding hydrogens is 382 g/mol. The van der Waals surface area contributed by atoms with Crippen LogP contribution >= 0.6 is 11.3 Å². The summed E-state index contributed by atoms with van der Waals surface area (Å²) in [5, 5.41) is 0.888. The SMILES string of the molecule is C=C(N)c1sc2nc(-c3ccc(OC)cc3)cc(-c3ccc(OC)cc3)c2c1N. The van der Waals surface area contributed by atoms with Crippen molar-refractivity contribution in [2.45, 2.75) is 0 Å². The Balaban J connectivity index is 1.97. The molecule has 0 bridgehead atoms. The molecule has 0 unspecified atom stereocenters. The first-order chi connectivity index (χ1) is 14.0. The fourth-order valence-corrected chi connectivity index (χ4v) is 4.27. The molecule has 29 heavy (non-hydrogen) atoms. The number of benzene rings is 2. The van der Waals surface area contributed by atoms with E-state index in [0.717, 1.165) is 49.0 Å². The fraction of sp³-hybridized carbons (Fsp3) is 0.0870. The summed E-state index contributed by atoms with van der Waals surface area (Å²) >= 11 is 1.45. The van der Waals surface area contributed by atoms with E-state index in [1.807, 2.05) is 48.5 Å². The monoisotopic (exact) mass is 403 g/mol. The second-order valence-electron chi connectivity index (χ2n) is 6.56. The van der Waals surface area contributed by atoms with E-state index in [-0.39, 0.29) is 0 Å². The van der Waals surface area contributed by atoms with E-state index in [1.54, 1.807) is 14.2 Å². The molecular formula is C23H21N3O2S. The zero-order valence-electron chi connectivity index (χ0n) is 16.2.